The molecule has 1 fully saturated rings. The van der Waals surface area contributed by atoms with E-state index in [-0.39, 0.29) is 11.8 Å². The van der Waals surface area contributed by atoms with E-state index in [0.29, 0.717) is 24.3 Å². The molecule has 2 amide bonds. The minimum Gasteiger partial charge on any atom is -0.497 e. The molecule has 1 saturated heterocycles. The van der Waals surface area contributed by atoms with Crippen molar-refractivity contribution in [2.45, 2.75) is 6.92 Å². The molecule has 2 aromatic carbocycles. The highest BCUT2D eigenvalue weighted by molar-refractivity contribution is 5.97. The van der Waals surface area contributed by atoms with Crippen LogP contribution in [0.4, 0.5) is 11.4 Å². The summed E-state index contributed by atoms with van der Waals surface area (Å²) in [7, 11) is 1.66. The van der Waals surface area contributed by atoms with Crippen LogP contribution >= 0.6 is 0 Å². The highest BCUT2D eigenvalue weighted by Crippen LogP contribution is 2.22. The number of piperazine rings is 1. The lowest BCUT2D eigenvalue weighted by Gasteiger charge is -2.36. The van der Waals surface area contributed by atoms with Crippen LogP contribution in [0.2, 0.25) is 0 Å². The van der Waals surface area contributed by atoms with Crippen LogP contribution in [0.15, 0.2) is 48.5 Å². The standard InChI is InChI=1S/C20H23N3O3/c1-15(24)21-17-6-3-5-16(13-17)20(25)23-11-9-22(10-12-23)18-7-4-8-19(14-18)26-2/h3-8,13-14H,9-12H2,1-2H3,(H,21,24). The fraction of sp³-hybridized carbons (Fsp3) is 0.300. The molecule has 1 aliphatic heterocycles. The van der Waals surface area contributed by atoms with Crippen molar-refractivity contribution < 1.29 is 14.3 Å². The van der Waals surface area contributed by atoms with E-state index in [9.17, 15) is 9.59 Å². The number of carbonyl (C=O) groups excluding carboxylic acids is 2. The lowest BCUT2D eigenvalue weighted by molar-refractivity contribution is -0.114. The van der Waals surface area contributed by atoms with Gasteiger partial charge in [0.05, 0.1) is 7.11 Å². The Labute approximate surface area is 153 Å². The molecular formula is C20H23N3O3. The third-order valence-electron chi connectivity index (χ3n) is 4.42. The summed E-state index contributed by atoms with van der Waals surface area (Å²) >= 11 is 0. The van der Waals surface area contributed by atoms with E-state index >= 15 is 0 Å². The molecule has 1 aliphatic rings. The highest BCUT2D eigenvalue weighted by atomic mass is 16.5. The van der Waals surface area contributed by atoms with Gasteiger partial charge in [0.25, 0.3) is 5.91 Å². The predicted molar refractivity (Wildman–Crippen MR) is 102 cm³/mol. The third-order valence-corrected chi connectivity index (χ3v) is 4.42. The zero-order chi connectivity index (χ0) is 18.5. The van der Waals surface area contributed by atoms with Crippen LogP contribution in [0.3, 0.4) is 0 Å². The molecule has 0 atom stereocenters. The van der Waals surface area contributed by atoms with Crippen LogP contribution in [0.1, 0.15) is 17.3 Å². The Kier molecular flexibility index (Phi) is 5.41. The van der Waals surface area contributed by atoms with Crippen LogP contribution in [-0.4, -0.2) is 50.0 Å². The summed E-state index contributed by atoms with van der Waals surface area (Å²) in [6.45, 7) is 4.29. The maximum atomic E-state index is 12.8. The number of nitrogens with one attached hydrogen (secondary N) is 1. The lowest BCUT2D eigenvalue weighted by atomic mass is 10.1. The van der Waals surface area contributed by atoms with Gasteiger partial charge in [0.15, 0.2) is 0 Å². The molecule has 1 heterocycles. The van der Waals surface area contributed by atoms with Crippen molar-refractivity contribution in [3.05, 3.63) is 54.1 Å². The van der Waals surface area contributed by atoms with Crippen molar-refractivity contribution >= 4 is 23.2 Å². The molecule has 0 spiro atoms. The summed E-state index contributed by atoms with van der Waals surface area (Å²) in [6, 6.07) is 15.0. The number of rotatable bonds is 4. The molecule has 26 heavy (non-hydrogen) atoms. The first-order valence-corrected chi connectivity index (χ1v) is 8.63. The zero-order valence-corrected chi connectivity index (χ0v) is 15.1. The Balaban J connectivity index is 1.64. The lowest BCUT2D eigenvalue weighted by Crippen LogP contribution is -2.48. The van der Waals surface area contributed by atoms with Gasteiger partial charge >= 0.3 is 0 Å². The first kappa shape index (κ1) is 17.8. The molecule has 0 radical (unpaired) electrons. The number of hydrogen-bond acceptors (Lipinski definition) is 4. The Morgan fingerprint density at radius 3 is 2.42 bits per heavy atom. The molecule has 2 aromatic rings. The van der Waals surface area contributed by atoms with Crippen LogP contribution in [0, 0.1) is 0 Å². The topological polar surface area (TPSA) is 61.9 Å². The molecule has 3 rings (SSSR count). The second kappa shape index (κ2) is 7.91. The number of amides is 2. The fourth-order valence-electron chi connectivity index (χ4n) is 3.09. The normalized spacial score (nSPS) is 14.1. The van der Waals surface area contributed by atoms with Crippen LogP contribution in [0.25, 0.3) is 0 Å². The quantitative estimate of drug-likeness (QED) is 0.918. The maximum absolute atomic E-state index is 12.8. The van der Waals surface area contributed by atoms with Crippen molar-refractivity contribution in [1.29, 1.82) is 0 Å². The molecule has 6 nitrogen and oxygen atoms in total. The SMILES string of the molecule is COc1cccc(N2CCN(C(=O)c3cccc(NC(C)=O)c3)CC2)c1. The fourth-order valence-corrected chi connectivity index (χ4v) is 3.09. The molecule has 0 aromatic heterocycles. The molecule has 136 valence electrons. The second-order valence-electron chi connectivity index (χ2n) is 6.24. The predicted octanol–water partition coefficient (Wildman–Crippen LogP) is 2.62. The number of hydrogen-bond donors (Lipinski definition) is 1. The molecule has 0 bridgehead atoms. The van der Waals surface area contributed by atoms with E-state index in [1.165, 1.54) is 6.92 Å². The van der Waals surface area contributed by atoms with Gasteiger partial charge in [0, 0.05) is 56.1 Å². The van der Waals surface area contributed by atoms with E-state index in [4.69, 9.17) is 4.74 Å². The van der Waals surface area contributed by atoms with Crippen molar-refractivity contribution in [3.63, 3.8) is 0 Å². The van der Waals surface area contributed by atoms with Crippen molar-refractivity contribution in [2.75, 3.05) is 43.5 Å². The molecule has 0 aliphatic carbocycles. The van der Waals surface area contributed by atoms with Gasteiger partial charge in [0.2, 0.25) is 5.91 Å². The smallest absolute Gasteiger partial charge is 0.254 e. The number of ether oxygens (including phenoxy) is 1. The van der Waals surface area contributed by atoms with Gasteiger partial charge in [-0.05, 0) is 30.3 Å². The first-order valence-electron chi connectivity index (χ1n) is 8.63. The minimum atomic E-state index is -0.151. The summed E-state index contributed by atoms with van der Waals surface area (Å²) < 4.78 is 5.28. The monoisotopic (exact) mass is 353 g/mol. The van der Waals surface area contributed by atoms with E-state index in [2.05, 4.69) is 16.3 Å². The number of benzene rings is 2. The summed E-state index contributed by atoms with van der Waals surface area (Å²) in [5.74, 6) is 0.666. The van der Waals surface area contributed by atoms with Gasteiger partial charge < -0.3 is 19.9 Å². The number of anilines is 2. The zero-order valence-electron chi connectivity index (χ0n) is 15.1. The van der Waals surface area contributed by atoms with Crippen LogP contribution in [-0.2, 0) is 4.79 Å². The number of nitrogens with zero attached hydrogens (tertiary/aromatic N) is 2. The number of carbonyl (C=O) groups is 2. The summed E-state index contributed by atoms with van der Waals surface area (Å²) in [5, 5.41) is 2.71. The third kappa shape index (κ3) is 4.14. The Hall–Kier alpha value is -3.02. The Morgan fingerprint density at radius 2 is 1.73 bits per heavy atom. The van der Waals surface area contributed by atoms with Gasteiger partial charge in [-0.3, -0.25) is 9.59 Å². The minimum absolute atomic E-state index is 0.0116. The van der Waals surface area contributed by atoms with E-state index in [0.717, 1.165) is 24.5 Å². The van der Waals surface area contributed by atoms with E-state index < -0.39 is 0 Å². The van der Waals surface area contributed by atoms with E-state index in [1.807, 2.05) is 23.1 Å². The molecule has 0 unspecified atom stereocenters. The van der Waals surface area contributed by atoms with Crippen molar-refractivity contribution in [2.24, 2.45) is 0 Å². The largest absolute Gasteiger partial charge is 0.497 e. The second-order valence-corrected chi connectivity index (χ2v) is 6.24. The Morgan fingerprint density at radius 1 is 1.00 bits per heavy atom. The van der Waals surface area contributed by atoms with Gasteiger partial charge in [-0.1, -0.05) is 12.1 Å². The first-order chi connectivity index (χ1) is 12.6. The van der Waals surface area contributed by atoms with Crippen LogP contribution in [0.5, 0.6) is 5.75 Å². The van der Waals surface area contributed by atoms with E-state index in [1.54, 1.807) is 31.4 Å². The molecule has 6 heteroatoms. The number of methoxy groups -OCH3 is 1. The summed E-state index contributed by atoms with van der Waals surface area (Å²) in [5.41, 5.74) is 2.33. The van der Waals surface area contributed by atoms with Gasteiger partial charge in [0.1, 0.15) is 5.75 Å². The molecule has 0 saturated carbocycles. The average molecular weight is 353 g/mol. The summed E-state index contributed by atoms with van der Waals surface area (Å²) in [4.78, 5) is 28.0. The van der Waals surface area contributed by atoms with Gasteiger partial charge in [-0.25, -0.2) is 0 Å². The maximum Gasteiger partial charge on any atom is 0.254 e. The summed E-state index contributed by atoms with van der Waals surface area (Å²) in [6.07, 6.45) is 0. The molecular weight excluding hydrogens is 330 g/mol. The highest BCUT2D eigenvalue weighted by Gasteiger charge is 2.22. The van der Waals surface area contributed by atoms with Crippen molar-refractivity contribution in [3.8, 4) is 5.75 Å². The van der Waals surface area contributed by atoms with Gasteiger partial charge in [-0.15, -0.1) is 0 Å². The van der Waals surface area contributed by atoms with Crippen LogP contribution < -0.4 is 15.0 Å². The average Bonchev–Trinajstić information content (AvgIpc) is 2.67. The van der Waals surface area contributed by atoms with Gasteiger partial charge in [-0.2, -0.15) is 0 Å². The van der Waals surface area contributed by atoms with Crippen molar-refractivity contribution in [1.82, 2.24) is 4.90 Å². The molecule has 1 N–H and O–H groups in total. The Bertz CT molecular complexity index is 798.